The molecule has 0 bridgehead atoms. The van der Waals surface area contributed by atoms with Crippen molar-refractivity contribution in [3.63, 3.8) is 0 Å². The lowest BCUT2D eigenvalue weighted by atomic mass is 9.95. The van der Waals surface area contributed by atoms with Gasteiger partial charge >= 0.3 is 0 Å². The van der Waals surface area contributed by atoms with Crippen molar-refractivity contribution in [2.75, 3.05) is 5.33 Å². The lowest BCUT2D eigenvalue weighted by molar-refractivity contribution is 0.101. The van der Waals surface area contributed by atoms with E-state index in [1.807, 2.05) is 12.1 Å². The predicted octanol–water partition coefficient (Wildman–Crippen LogP) is 4.17. The summed E-state index contributed by atoms with van der Waals surface area (Å²) in [6.45, 7) is 3.83. The number of alkyl halides is 1. The smallest absolute Gasteiger partial charge is 0.159 e. The number of halogens is 1. The highest BCUT2D eigenvalue weighted by molar-refractivity contribution is 9.09. The van der Waals surface area contributed by atoms with Crippen LogP contribution in [0.3, 0.4) is 0 Å². The molecular weight excluding hydrogens is 252 g/mol. The maximum atomic E-state index is 11.1. The molecule has 0 amide bonds. The Bertz CT molecular complexity index is 316. The van der Waals surface area contributed by atoms with Crippen LogP contribution in [0.2, 0.25) is 0 Å². The van der Waals surface area contributed by atoms with Gasteiger partial charge in [-0.3, -0.25) is 4.79 Å². The van der Waals surface area contributed by atoms with Crippen molar-refractivity contribution in [3.8, 4) is 0 Å². The Kier molecular flexibility index (Phi) is 5.03. The molecule has 0 N–H and O–H groups in total. The molecule has 1 nitrogen and oxygen atoms in total. The molecular formula is C13H17BrO. The standard InChI is InChI=1S/C13H17BrO/c1-10(4-3-9-14)12-5-7-13(8-6-12)11(2)15/h5-8,10H,3-4,9H2,1-2H3. The van der Waals surface area contributed by atoms with Crippen molar-refractivity contribution in [1.29, 1.82) is 0 Å². The normalized spacial score (nSPS) is 12.5. The number of carbonyl (C=O) groups excluding carboxylic acids is 1. The van der Waals surface area contributed by atoms with Crippen molar-refractivity contribution >= 4 is 21.7 Å². The van der Waals surface area contributed by atoms with Gasteiger partial charge in [0, 0.05) is 10.9 Å². The van der Waals surface area contributed by atoms with Gasteiger partial charge in [0.1, 0.15) is 0 Å². The second kappa shape index (κ2) is 6.06. The maximum Gasteiger partial charge on any atom is 0.159 e. The SMILES string of the molecule is CC(=O)c1ccc(C(C)CCCBr)cc1. The van der Waals surface area contributed by atoms with E-state index in [0.717, 1.165) is 10.9 Å². The lowest BCUT2D eigenvalue weighted by Gasteiger charge is -2.11. The predicted molar refractivity (Wildman–Crippen MR) is 67.9 cm³/mol. The van der Waals surface area contributed by atoms with Crippen LogP contribution in [0.4, 0.5) is 0 Å². The van der Waals surface area contributed by atoms with E-state index < -0.39 is 0 Å². The summed E-state index contributed by atoms with van der Waals surface area (Å²) in [5.41, 5.74) is 2.12. The molecule has 0 radical (unpaired) electrons. The molecule has 0 aromatic heterocycles. The zero-order chi connectivity index (χ0) is 11.3. The Balaban J connectivity index is 2.66. The van der Waals surface area contributed by atoms with Gasteiger partial charge in [-0.15, -0.1) is 0 Å². The Morgan fingerprint density at radius 1 is 1.33 bits per heavy atom. The van der Waals surface area contributed by atoms with Crippen LogP contribution in [-0.2, 0) is 0 Å². The van der Waals surface area contributed by atoms with E-state index in [4.69, 9.17) is 0 Å². The molecule has 0 saturated carbocycles. The summed E-state index contributed by atoms with van der Waals surface area (Å²) in [7, 11) is 0. The highest BCUT2D eigenvalue weighted by Gasteiger charge is 2.05. The first-order valence-electron chi connectivity index (χ1n) is 5.32. The van der Waals surface area contributed by atoms with Crippen molar-refractivity contribution in [2.45, 2.75) is 32.6 Å². The Labute approximate surface area is 100 Å². The molecule has 0 aliphatic carbocycles. The van der Waals surface area contributed by atoms with E-state index in [1.54, 1.807) is 6.92 Å². The number of rotatable bonds is 5. The lowest BCUT2D eigenvalue weighted by Crippen LogP contribution is -1.96. The quantitative estimate of drug-likeness (QED) is 0.579. The van der Waals surface area contributed by atoms with Gasteiger partial charge in [0.2, 0.25) is 0 Å². The molecule has 15 heavy (non-hydrogen) atoms. The zero-order valence-corrected chi connectivity index (χ0v) is 10.9. The summed E-state index contributed by atoms with van der Waals surface area (Å²) in [5, 5.41) is 1.06. The Morgan fingerprint density at radius 3 is 2.40 bits per heavy atom. The fourth-order valence-electron chi connectivity index (χ4n) is 1.60. The van der Waals surface area contributed by atoms with Crippen LogP contribution >= 0.6 is 15.9 Å². The topological polar surface area (TPSA) is 17.1 Å². The first-order chi connectivity index (χ1) is 7.15. The Hall–Kier alpha value is -0.630. The van der Waals surface area contributed by atoms with Crippen molar-refractivity contribution < 1.29 is 4.79 Å². The monoisotopic (exact) mass is 268 g/mol. The first-order valence-corrected chi connectivity index (χ1v) is 6.44. The number of benzene rings is 1. The molecule has 0 aliphatic heterocycles. The second-order valence-corrected chi connectivity index (χ2v) is 4.70. The van der Waals surface area contributed by atoms with E-state index in [2.05, 4.69) is 35.0 Å². The number of carbonyl (C=O) groups is 1. The number of hydrogen-bond donors (Lipinski definition) is 0. The average Bonchev–Trinajstić information content (AvgIpc) is 2.26. The molecule has 1 atom stereocenters. The first kappa shape index (κ1) is 12.4. The summed E-state index contributed by atoms with van der Waals surface area (Å²) >= 11 is 3.44. The van der Waals surface area contributed by atoms with Crippen molar-refractivity contribution in [2.24, 2.45) is 0 Å². The summed E-state index contributed by atoms with van der Waals surface area (Å²) in [6, 6.07) is 7.97. The van der Waals surface area contributed by atoms with Gasteiger partial charge in [-0.2, -0.15) is 0 Å². The van der Waals surface area contributed by atoms with Gasteiger partial charge in [-0.05, 0) is 31.2 Å². The minimum absolute atomic E-state index is 0.134. The molecule has 0 spiro atoms. The number of ketones is 1. The van der Waals surface area contributed by atoms with E-state index in [0.29, 0.717) is 5.92 Å². The largest absolute Gasteiger partial charge is 0.295 e. The van der Waals surface area contributed by atoms with Crippen molar-refractivity contribution in [1.82, 2.24) is 0 Å². The Morgan fingerprint density at radius 2 is 1.93 bits per heavy atom. The molecule has 0 heterocycles. The summed E-state index contributed by atoms with van der Waals surface area (Å²) in [5.74, 6) is 0.707. The third-order valence-corrected chi connectivity index (χ3v) is 3.22. The van der Waals surface area contributed by atoms with E-state index in [1.165, 1.54) is 18.4 Å². The molecule has 1 rings (SSSR count). The second-order valence-electron chi connectivity index (χ2n) is 3.91. The average molecular weight is 269 g/mol. The fraction of sp³-hybridized carbons (Fsp3) is 0.462. The van der Waals surface area contributed by atoms with Gasteiger partial charge in [0.05, 0.1) is 0 Å². The van der Waals surface area contributed by atoms with Crippen LogP contribution in [0.1, 0.15) is 48.5 Å². The third-order valence-electron chi connectivity index (χ3n) is 2.66. The van der Waals surface area contributed by atoms with E-state index in [9.17, 15) is 4.79 Å². The van der Waals surface area contributed by atoms with E-state index in [-0.39, 0.29) is 5.78 Å². The molecule has 0 fully saturated rings. The fourth-order valence-corrected chi connectivity index (χ4v) is 1.92. The highest BCUT2D eigenvalue weighted by Crippen LogP contribution is 2.21. The van der Waals surface area contributed by atoms with Gasteiger partial charge in [-0.25, -0.2) is 0 Å². The minimum atomic E-state index is 0.134. The molecule has 2 heteroatoms. The van der Waals surface area contributed by atoms with Crippen LogP contribution in [0.25, 0.3) is 0 Å². The highest BCUT2D eigenvalue weighted by atomic mass is 79.9. The van der Waals surface area contributed by atoms with Crippen molar-refractivity contribution in [3.05, 3.63) is 35.4 Å². The van der Waals surface area contributed by atoms with Gasteiger partial charge in [0.25, 0.3) is 0 Å². The summed E-state index contributed by atoms with van der Waals surface area (Å²) < 4.78 is 0. The van der Waals surface area contributed by atoms with Crippen LogP contribution in [0, 0.1) is 0 Å². The van der Waals surface area contributed by atoms with Crippen LogP contribution in [0.15, 0.2) is 24.3 Å². The molecule has 0 saturated heterocycles. The van der Waals surface area contributed by atoms with Gasteiger partial charge in [-0.1, -0.05) is 47.1 Å². The van der Waals surface area contributed by atoms with Crippen LogP contribution in [-0.4, -0.2) is 11.1 Å². The summed E-state index contributed by atoms with van der Waals surface area (Å²) in [4.78, 5) is 11.1. The molecule has 1 aromatic carbocycles. The van der Waals surface area contributed by atoms with Crippen LogP contribution in [0.5, 0.6) is 0 Å². The molecule has 1 aromatic rings. The maximum absolute atomic E-state index is 11.1. The summed E-state index contributed by atoms with van der Waals surface area (Å²) in [6.07, 6.45) is 2.38. The number of hydrogen-bond acceptors (Lipinski definition) is 1. The van der Waals surface area contributed by atoms with E-state index >= 15 is 0 Å². The molecule has 1 unspecified atom stereocenters. The molecule has 82 valence electrons. The minimum Gasteiger partial charge on any atom is -0.295 e. The number of Topliss-reactive ketones (excluding diaryl/α,β-unsaturated/α-hetero) is 1. The van der Waals surface area contributed by atoms with Gasteiger partial charge < -0.3 is 0 Å². The third kappa shape index (κ3) is 3.78. The molecule has 0 aliphatic rings. The zero-order valence-electron chi connectivity index (χ0n) is 9.29. The van der Waals surface area contributed by atoms with Crippen LogP contribution < -0.4 is 0 Å². The van der Waals surface area contributed by atoms with Gasteiger partial charge in [0.15, 0.2) is 5.78 Å².